The Labute approximate surface area is 92.7 Å². The van der Waals surface area contributed by atoms with Crippen molar-refractivity contribution >= 4 is 0 Å². The Hall–Kier alpha value is -0.790. The van der Waals surface area contributed by atoms with Gasteiger partial charge in [0.05, 0.1) is 11.7 Å². The summed E-state index contributed by atoms with van der Waals surface area (Å²) in [6, 6.07) is 2.91. The van der Waals surface area contributed by atoms with Crippen molar-refractivity contribution in [1.82, 2.24) is 9.78 Å². The lowest BCUT2D eigenvalue weighted by Crippen LogP contribution is -2.00. The first kappa shape index (κ1) is 10.7. The summed E-state index contributed by atoms with van der Waals surface area (Å²) in [7, 11) is 0. The lowest BCUT2D eigenvalue weighted by Gasteiger charge is -2.05. The highest BCUT2D eigenvalue weighted by molar-refractivity contribution is 5.07. The molecule has 1 heterocycles. The maximum atomic E-state index is 4.71. The van der Waals surface area contributed by atoms with E-state index in [1.54, 1.807) is 0 Å². The molecule has 0 amide bonds. The number of aromatic nitrogens is 2. The van der Waals surface area contributed by atoms with Gasteiger partial charge in [-0.25, -0.2) is 0 Å². The largest absolute Gasteiger partial charge is 0.269 e. The average Bonchev–Trinajstić information content (AvgIpc) is 2.86. The van der Waals surface area contributed by atoms with Crippen LogP contribution in [0.3, 0.4) is 0 Å². The monoisotopic (exact) mass is 206 g/mol. The SMILES string of the molecule is CCCC(C)c1ccn(C2CC2CC)n1. The second-order valence-corrected chi connectivity index (χ2v) is 4.88. The number of nitrogens with zero attached hydrogens (tertiary/aromatic N) is 2. The van der Waals surface area contributed by atoms with Crippen LogP contribution < -0.4 is 0 Å². The van der Waals surface area contributed by atoms with Crippen LogP contribution in [0.2, 0.25) is 0 Å². The molecule has 2 nitrogen and oxygen atoms in total. The summed E-state index contributed by atoms with van der Waals surface area (Å²) in [6.45, 7) is 6.79. The van der Waals surface area contributed by atoms with Crippen LogP contribution in [-0.4, -0.2) is 9.78 Å². The number of rotatable bonds is 5. The molecule has 0 aromatic carbocycles. The zero-order chi connectivity index (χ0) is 10.8. The highest BCUT2D eigenvalue weighted by Crippen LogP contribution is 2.45. The van der Waals surface area contributed by atoms with Crippen LogP contribution in [0.5, 0.6) is 0 Å². The standard InChI is InChI=1S/C13H22N2/c1-4-6-10(3)12-7-8-15(14-12)13-9-11(13)5-2/h7-8,10-11,13H,4-6,9H2,1-3H3. The molecule has 1 aliphatic carbocycles. The molecule has 0 saturated heterocycles. The fourth-order valence-corrected chi connectivity index (χ4v) is 2.38. The van der Waals surface area contributed by atoms with Crippen LogP contribution in [0, 0.1) is 5.92 Å². The topological polar surface area (TPSA) is 17.8 Å². The Morgan fingerprint density at radius 3 is 2.93 bits per heavy atom. The van der Waals surface area contributed by atoms with Gasteiger partial charge < -0.3 is 0 Å². The predicted octanol–water partition coefficient (Wildman–Crippen LogP) is 3.76. The van der Waals surface area contributed by atoms with Crippen molar-refractivity contribution in [1.29, 1.82) is 0 Å². The second-order valence-electron chi connectivity index (χ2n) is 4.88. The molecule has 0 bridgehead atoms. The van der Waals surface area contributed by atoms with Gasteiger partial charge in [-0.2, -0.15) is 5.10 Å². The van der Waals surface area contributed by atoms with Gasteiger partial charge in [-0.15, -0.1) is 0 Å². The molecule has 3 unspecified atom stereocenters. The third kappa shape index (κ3) is 2.24. The van der Waals surface area contributed by atoms with Gasteiger partial charge in [0.2, 0.25) is 0 Å². The van der Waals surface area contributed by atoms with Gasteiger partial charge >= 0.3 is 0 Å². The van der Waals surface area contributed by atoms with Crippen LogP contribution in [0.15, 0.2) is 12.3 Å². The van der Waals surface area contributed by atoms with Crippen molar-refractivity contribution in [3.63, 3.8) is 0 Å². The fourth-order valence-electron chi connectivity index (χ4n) is 2.38. The van der Waals surface area contributed by atoms with Crippen molar-refractivity contribution in [3.8, 4) is 0 Å². The summed E-state index contributed by atoms with van der Waals surface area (Å²) >= 11 is 0. The summed E-state index contributed by atoms with van der Waals surface area (Å²) in [5, 5.41) is 4.71. The minimum atomic E-state index is 0.620. The van der Waals surface area contributed by atoms with Gasteiger partial charge in [0.25, 0.3) is 0 Å². The summed E-state index contributed by atoms with van der Waals surface area (Å²) < 4.78 is 2.19. The van der Waals surface area contributed by atoms with Gasteiger partial charge in [-0.1, -0.05) is 33.6 Å². The number of hydrogen-bond donors (Lipinski definition) is 0. The Morgan fingerprint density at radius 2 is 2.33 bits per heavy atom. The highest BCUT2D eigenvalue weighted by Gasteiger charge is 2.37. The molecular weight excluding hydrogens is 184 g/mol. The number of hydrogen-bond acceptors (Lipinski definition) is 1. The molecule has 15 heavy (non-hydrogen) atoms. The predicted molar refractivity (Wildman–Crippen MR) is 63.0 cm³/mol. The summed E-state index contributed by atoms with van der Waals surface area (Å²) in [5.41, 5.74) is 1.28. The maximum absolute atomic E-state index is 4.71. The average molecular weight is 206 g/mol. The van der Waals surface area contributed by atoms with E-state index in [9.17, 15) is 0 Å². The van der Waals surface area contributed by atoms with E-state index in [2.05, 4.69) is 37.7 Å². The summed E-state index contributed by atoms with van der Waals surface area (Å²) in [5.74, 6) is 1.51. The molecule has 0 N–H and O–H groups in total. The third-order valence-corrected chi connectivity index (χ3v) is 3.60. The zero-order valence-electron chi connectivity index (χ0n) is 10.1. The van der Waals surface area contributed by atoms with Crippen LogP contribution >= 0.6 is 0 Å². The Morgan fingerprint density at radius 1 is 1.53 bits per heavy atom. The minimum absolute atomic E-state index is 0.620. The molecule has 1 aliphatic rings. The van der Waals surface area contributed by atoms with Crippen molar-refractivity contribution < 1.29 is 0 Å². The molecule has 2 heteroatoms. The Balaban J connectivity index is 1.98. The normalized spacial score (nSPS) is 26.6. The van der Waals surface area contributed by atoms with Crippen LogP contribution in [0.4, 0.5) is 0 Å². The van der Waals surface area contributed by atoms with E-state index in [1.165, 1.54) is 31.4 Å². The van der Waals surface area contributed by atoms with Gasteiger partial charge in [0, 0.05) is 12.1 Å². The fraction of sp³-hybridized carbons (Fsp3) is 0.769. The van der Waals surface area contributed by atoms with Crippen LogP contribution in [-0.2, 0) is 0 Å². The van der Waals surface area contributed by atoms with E-state index in [-0.39, 0.29) is 0 Å². The molecule has 0 spiro atoms. The second kappa shape index (κ2) is 4.38. The molecule has 2 rings (SSSR count). The quantitative estimate of drug-likeness (QED) is 0.717. The summed E-state index contributed by atoms with van der Waals surface area (Å²) in [6.07, 6.45) is 7.29. The van der Waals surface area contributed by atoms with E-state index in [1.807, 2.05) is 0 Å². The minimum Gasteiger partial charge on any atom is -0.269 e. The first-order valence-corrected chi connectivity index (χ1v) is 6.31. The molecule has 1 aromatic rings. The van der Waals surface area contributed by atoms with Gasteiger partial charge in [-0.05, 0) is 24.8 Å². The third-order valence-electron chi connectivity index (χ3n) is 3.60. The van der Waals surface area contributed by atoms with Crippen LogP contribution in [0.25, 0.3) is 0 Å². The lowest BCUT2D eigenvalue weighted by atomic mass is 10.0. The van der Waals surface area contributed by atoms with E-state index < -0.39 is 0 Å². The molecule has 1 aromatic heterocycles. The van der Waals surface area contributed by atoms with Gasteiger partial charge in [0.1, 0.15) is 0 Å². The highest BCUT2D eigenvalue weighted by atomic mass is 15.3. The van der Waals surface area contributed by atoms with E-state index >= 15 is 0 Å². The smallest absolute Gasteiger partial charge is 0.0652 e. The van der Waals surface area contributed by atoms with E-state index in [4.69, 9.17) is 5.10 Å². The van der Waals surface area contributed by atoms with Gasteiger partial charge in [0.15, 0.2) is 0 Å². The molecule has 1 saturated carbocycles. The molecule has 0 aliphatic heterocycles. The molecule has 0 radical (unpaired) electrons. The van der Waals surface area contributed by atoms with Crippen molar-refractivity contribution in [2.75, 3.05) is 0 Å². The van der Waals surface area contributed by atoms with Crippen LogP contribution in [0.1, 0.15) is 64.1 Å². The van der Waals surface area contributed by atoms with E-state index in [0.29, 0.717) is 12.0 Å². The molecule has 1 fully saturated rings. The van der Waals surface area contributed by atoms with Crippen molar-refractivity contribution in [3.05, 3.63) is 18.0 Å². The molecule has 84 valence electrons. The molecular formula is C13H22N2. The molecule has 3 atom stereocenters. The maximum Gasteiger partial charge on any atom is 0.0652 e. The summed E-state index contributed by atoms with van der Waals surface area (Å²) in [4.78, 5) is 0. The zero-order valence-corrected chi connectivity index (χ0v) is 10.1. The van der Waals surface area contributed by atoms with Crippen molar-refractivity contribution in [2.45, 2.75) is 58.4 Å². The van der Waals surface area contributed by atoms with Crippen molar-refractivity contribution in [2.24, 2.45) is 5.92 Å². The van der Waals surface area contributed by atoms with Gasteiger partial charge in [-0.3, -0.25) is 4.68 Å². The lowest BCUT2D eigenvalue weighted by molar-refractivity contribution is 0.555. The Bertz CT molecular complexity index is 300. The first-order valence-electron chi connectivity index (χ1n) is 6.31. The first-order chi connectivity index (χ1) is 7.26. The Kier molecular flexibility index (Phi) is 3.13. The van der Waals surface area contributed by atoms with E-state index in [0.717, 1.165) is 5.92 Å².